The molecule has 2 rings (SSSR count). The highest BCUT2D eigenvalue weighted by molar-refractivity contribution is 7.80. The fourth-order valence-corrected chi connectivity index (χ4v) is 3.11. The summed E-state index contributed by atoms with van der Waals surface area (Å²) in [4.78, 5) is 12.2. The first-order chi connectivity index (χ1) is 18.3. The summed E-state index contributed by atoms with van der Waals surface area (Å²) in [7, 11) is 0. The van der Waals surface area contributed by atoms with E-state index in [-0.39, 0.29) is 27.7 Å². The van der Waals surface area contributed by atoms with Crippen LogP contribution in [-0.4, -0.2) is 41.6 Å². The molecule has 41 heavy (non-hydrogen) atoms. The van der Waals surface area contributed by atoms with Crippen molar-refractivity contribution < 1.29 is 71.3 Å². The SMILES string of the molecule is O=C(NC(=S)Nc1cccc(C(F)(F)C(F)(F)OC(F)(F)C(F)(F)C(F)(F)OC(F)(F)F)c1)c1ccc(Cl)c(Cl)c1. The van der Waals surface area contributed by atoms with Crippen LogP contribution in [0.1, 0.15) is 15.9 Å². The van der Waals surface area contributed by atoms with Crippen LogP contribution in [0.5, 0.6) is 0 Å². The highest BCUT2D eigenvalue weighted by Crippen LogP contribution is 2.54. The maximum absolute atomic E-state index is 14.4. The van der Waals surface area contributed by atoms with Crippen LogP contribution in [0, 0.1) is 0 Å². The molecule has 0 saturated heterocycles. The largest absolute Gasteiger partial charge is 0.527 e. The molecule has 0 saturated carbocycles. The molecule has 0 aliphatic carbocycles. The van der Waals surface area contributed by atoms with Crippen LogP contribution in [0.3, 0.4) is 0 Å². The Bertz CT molecular complexity index is 1310. The smallest absolute Gasteiger partial charge is 0.332 e. The number of hydrogen-bond donors (Lipinski definition) is 2. The van der Waals surface area contributed by atoms with Crippen LogP contribution in [0.25, 0.3) is 0 Å². The second kappa shape index (κ2) is 11.6. The normalized spacial score (nSPS) is 13.6. The lowest BCUT2D eigenvalue weighted by Gasteiger charge is -2.35. The fourth-order valence-electron chi connectivity index (χ4n) is 2.60. The molecule has 5 nitrogen and oxygen atoms in total. The lowest BCUT2D eigenvalue weighted by atomic mass is 10.1. The Kier molecular flexibility index (Phi) is 9.77. The van der Waals surface area contributed by atoms with E-state index >= 15 is 0 Å². The van der Waals surface area contributed by atoms with Gasteiger partial charge in [0.15, 0.2) is 5.11 Å². The van der Waals surface area contributed by atoms with E-state index in [4.69, 9.17) is 35.4 Å². The van der Waals surface area contributed by atoms with Crippen LogP contribution in [0.2, 0.25) is 10.0 Å². The van der Waals surface area contributed by atoms with Gasteiger partial charge in [-0.3, -0.25) is 10.1 Å². The lowest BCUT2D eigenvalue weighted by Crippen LogP contribution is -2.61. The Labute approximate surface area is 234 Å². The van der Waals surface area contributed by atoms with Gasteiger partial charge in [-0.15, -0.1) is 13.2 Å². The zero-order valence-electron chi connectivity index (χ0n) is 18.8. The topological polar surface area (TPSA) is 59.6 Å². The summed E-state index contributed by atoms with van der Waals surface area (Å²) in [5.74, 6) is -14.5. The molecular formula is C20H9Cl2F13N2O3S. The van der Waals surface area contributed by atoms with Crippen LogP contribution >= 0.6 is 35.4 Å². The molecule has 0 bridgehead atoms. The van der Waals surface area contributed by atoms with Gasteiger partial charge in [-0.2, -0.15) is 43.9 Å². The quantitative estimate of drug-likeness (QED) is 0.208. The van der Waals surface area contributed by atoms with Gasteiger partial charge in [-0.05, 0) is 42.5 Å². The summed E-state index contributed by atoms with van der Waals surface area (Å²) >= 11 is 16.2. The number of amides is 1. The van der Waals surface area contributed by atoms with Gasteiger partial charge in [0.2, 0.25) is 0 Å². The Balaban J connectivity index is 2.25. The van der Waals surface area contributed by atoms with Crippen LogP contribution < -0.4 is 10.6 Å². The molecule has 228 valence electrons. The summed E-state index contributed by atoms with van der Waals surface area (Å²) in [5.41, 5.74) is -2.72. The van der Waals surface area contributed by atoms with Gasteiger partial charge in [0, 0.05) is 16.8 Å². The van der Waals surface area contributed by atoms with Crippen molar-refractivity contribution in [3.63, 3.8) is 0 Å². The predicted molar refractivity (Wildman–Crippen MR) is 118 cm³/mol. The van der Waals surface area contributed by atoms with Crippen LogP contribution in [-0.2, 0) is 15.4 Å². The molecule has 0 aromatic heterocycles. The average molecular weight is 675 g/mol. The van der Waals surface area contributed by atoms with Crippen molar-refractivity contribution in [2.24, 2.45) is 0 Å². The number of rotatable bonds is 9. The third-order valence-corrected chi connectivity index (χ3v) is 5.43. The Hall–Kier alpha value is -2.61. The van der Waals surface area contributed by atoms with Gasteiger partial charge in [-0.1, -0.05) is 35.3 Å². The second-order valence-electron chi connectivity index (χ2n) is 7.47. The van der Waals surface area contributed by atoms with Gasteiger partial charge in [0.25, 0.3) is 5.91 Å². The van der Waals surface area contributed by atoms with Crippen molar-refractivity contribution >= 4 is 52.1 Å². The zero-order chi connectivity index (χ0) is 31.8. The highest BCUT2D eigenvalue weighted by Gasteiger charge is 2.80. The van der Waals surface area contributed by atoms with Crippen LogP contribution in [0.4, 0.5) is 62.8 Å². The molecule has 0 aliphatic rings. The van der Waals surface area contributed by atoms with Gasteiger partial charge in [0.05, 0.1) is 10.0 Å². The van der Waals surface area contributed by atoms with Crippen molar-refractivity contribution in [1.82, 2.24) is 5.32 Å². The number of halogens is 15. The fraction of sp³-hybridized carbons (Fsp3) is 0.300. The average Bonchev–Trinajstić information content (AvgIpc) is 2.78. The van der Waals surface area contributed by atoms with E-state index in [2.05, 4.69) is 5.32 Å². The molecule has 0 aliphatic heterocycles. The standard InChI is InChI=1S/C20H9Cl2F13N2O3S/c21-11-5-4-8(6-12(11)22)13(38)37-14(41)36-10-3-1-2-9(7-10)15(23,24)17(27,28)39-18(29,30)16(25,26)19(31,32)40-20(33,34)35/h1-7H,(H2,36,37,38,41). The predicted octanol–water partition coefficient (Wildman–Crippen LogP) is 8.18. The van der Waals surface area contributed by atoms with E-state index in [1.807, 2.05) is 10.1 Å². The molecule has 0 atom stereocenters. The van der Waals surface area contributed by atoms with Gasteiger partial charge < -0.3 is 5.32 Å². The molecule has 0 radical (unpaired) electrons. The summed E-state index contributed by atoms with van der Waals surface area (Å²) in [6, 6.07) is 5.16. The number of nitrogens with one attached hydrogen (secondary N) is 2. The molecule has 0 unspecified atom stereocenters. The van der Waals surface area contributed by atoms with Gasteiger partial charge in [0.1, 0.15) is 0 Å². The zero-order valence-corrected chi connectivity index (χ0v) is 21.2. The summed E-state index contributed by atoms with van der Waals surface area (Å²) in [6.07, 6.45) is -28.1. The number of carbonyl (C=O) groups excluding carboxylic acids is 1. The van der Waals surface area contributed by atoms with Crippen molar-refractivity contribution in [3.05, 3.63) is 63.6 Å². The maximum Gasteiger partial charge on any atom is 0.527 e. The van der Waals surface area contributed by atoms with E-state index in [1.54, 1.807) is 4.74 Å². The second-order valence-corrected chi connectivity index (χ2v) is 8.69. The van der Waals surface area contributed by atoms with Crippen molar-refractivity contribution in [1.29, 1.82) is 0 Å². The van der Waals surface area contributed by atoms with E-state index in [0.717, 1.165) is 12.1 Å². The molecule has 2 N–H and O–H groups in total. The van der Waals surface area contributed by atoms with Gasteiger partial charge in [-0.25, -0.2) is 9.47 Å². The molecule has 2 aromatic carbocycles. The monoisotopic (exact) mass is 674 g/mol. The first-order valence-corrected chi connectivity index (χ1v) is 11.0. The van der Waals surface area contributed by atoms with Crippen molar-refractivity contribution in [2.45, 2.75) is 36.5 Å². The van der Waals surface area contributed by atoms with Crippen molar-refractivity contribution in [3.8, 4) is 0 Å². The number of thiocarbonyl (C=S) groups is 1. The van der Waals surface area contributed by atoms with E-state index < -0.39 is 58.8 Å². The van der Waals surface area contributed by atoms with E-state index in [0.29, 0.717) is 6.07 Å². The first kappa shape index (κ1) is 34.6. The van der Waals surface area contributed by atoms with Gasteiger partial charge >= 0.3 is 36.5 Å². The summed E-state index contributed by atoms with van der Waals surface area (Å²) < 4.78 is 176. The first-order valence-electron chi connectivity index (χ1n) is 9.87. The molecule has 21 heteroatoms. The highest BCUT2D eigenvalue weighted by atomic mass is 35.5. The minimum atomic E-state index is -7.54. The third-order valence-electron chi connectivity index (χ3n) is 4.49. The Morgan fingerprint density at radius 2 is 1.29 bits per heavy atom. The minimum Gasteiger partial charge on any atom is -0.332 e. The number of alkyl halides is 13. The van der Waals surface area contributed by atoms with Crippen LogP contribution in [0.15, 0.2) is 42.5 Å². The Morgan fingerprint density at radius 3 is 1.83 bits per heavy atom. The number of anilines is 1. The number of hydrogen-bond acceptors (Lipinski definition) is 4. The third kappa shape index (κ3) is 7.82. The number of benzene rings is 2. The van der Waals surface area contributed by atoms with Crippen molar-refractivity contribution in [2.75, 3.05) is 5.32 Å². The summed E-state index contributed by atoms with van der Waals surface area (Å²) in [6.45, 7) is 0. The number of ether oxygens (including phenoxy) is 2. The molecule has 1 amide bonds. The molecular weight excluding hydrogens is 666 g/mol. The van der Waals surface area contributed by atoms with E-state index in [9.17, 15) is 61.9 Å². The lowest BCUT2D eigenvalue weighted by molar-refractivity contribution is -0.535. The van der Waals surface area contributed by atoms with E-state index in [1.165, 1.54) is 12.1 Å². The summed E-state index contributed by atoms with van der Waals surface area (Å²) in [5, 5.41) is 3.49. The minimum absolute atomic E-state index is 0.0452. The molecule has 2 aromatic rings. The molecule has 0 heterocycles. The maximum atomic E-state index is 14.4. The number of carbonyl (C=O) groups is 1. The Morgan fingerprint density at radius 1 is 0.732 bits per heavy atom. The molecule has 0 spiro atoms. The molecule has 0 fully saturated rings.